The van der Waals surface area contributed by atoms with Gasteiger partial charge in [-0.2, -0.15) is 0 Å². The second-order valence-electron chi connectivity index (χ2n) is 8.42. The molecule has 7 heteroatoms. The molecule has 2 aliphatic carbocycles. The number of pyridine rings is 1. The molecule has 34 heavy (non-hydrogen) atoms. The molecule has 2 aromatic carbocycles. The van der Waals surface area contributed by atoms with Crippen LogP contribution in [-0.4, -0.2) is 33.0 Å². The molecule has 2 aliphatic rings. The van der Waals surface area contributed by atoms with Crippen molar-refractivity contribution < 1.29 is 23.9 Å². The number of fused-ring (bicyclic) bond motifs is 6. The third kappa shape index (κ3) is 2.86. The third-order valence-corrected chi connectivity index (χ3v) is 6.43. The van der Waals surface area contributed by atoms with Gasteiger partial charge < -0.3 is 4.74 Å². The minimum absolute atomic E-state index is 0.0114. The second kappa shape index (κ2) is 7.59. The van der Waals surface area contributed by atoms with Gasteiger partial charge in [0.25, 0.3) is 0 Å². The number of Topliss-reactive ketones (excluding diaryl/α,β-unsaturated/α-hetero) is 1. The van der Waals surface area contributed by atoms with Crippen molar-refractivity contribution in [3.63, 3.8) is 0 Å². The number of ether oxygens (including phenoxy) is 1. The number of nitrogens with zero attached hydrogens (tertiary/aromatic N) is 2. The van der Waals surface area contributed by atoms with Crippen LogP contribution < -0.4 is 0 Å². The zero-order chi connectivity index (χ0) is 23.4. The Hall–Kier alpha value is -4.39. The van der Waals surface area contributed by atoms with Crippen LogP contribution in [0.1, 0.15) is 66.4 Å². The van der Waals surface area contributed by atoms with E-state index in [1.165, 1.54) is 6.20 Å². The average Bonchev–Trinajstić information content (AvgIpc) is 3.22. The van der Waals surface area contributed by atoms with Crippen LogP contribution in [0.25, 0.3) is 10.9 Å². The Kier molecular flexibility index (Phi) is 4.52. The topological polar surface area (TPSA) is 95.3 Å². The first kappa shape index (κ1) is 20.2. The van der Waals surface area contributed by atoms with Crippen molar-refractivity contribution in [3.8, 4) is 0 Å². The fourth-order valence-corrected chi connectivity index (χ4v) is 4.90. The molecule has 4 aromatic rings. The maximum Gasteiger partial charge on any atom is 0.419 e. The van der Waals surface area contributed by atoms with E-state index in [2.05, 4.69) is 4.98 Å². The van der Waals surface area contributed by atoms with E-state index in [1.54, 1.807) is 24.3 Å². The fourth-order valence-electron chi connectivity index (χ4n) is 4.90. The summed E-state index contributed by atoms with van der Waals surface area (Å²) in [7, 11) is 0. The number of aryl methyl sites for hydroxylation is 1. The van der Waals surface area contributed by atoms with Gasteiger partial charge in [-0.05, 0) is 24.5 Å². The summed E-state index contributed by atoms with van der Waals surface area (Å²) >= 11 is 0. The standard InChI is InChI=1S/C27H18N2O5/c30-20-12-6-10-18-23(20)21-17(13-28-18)25(31)22-16-9-4-5-11-19(16)29(24(22)26(21)32)27(33)34-14-15-7-2-1-3-8-15/h1-5,7-9,11,13H,6,10,12,14H2. The van der Waals surface area contributed by atoms with Crippen molar-refractivity contribution in [2.45, 2.75) is 25.9 Å². The predicted molar refractivity (Wildman–Crippen MR) is 122 cm³/mol. The first-order valence-electron chi connectivity index (χ1n) is 11.0. The highest BCUT2D eigenvalue weighted by Crippen LogP contribution is 2.38. The second-order valence-corrected chi connectivity index (χ2v) is 8.42. The minimum Gasteiger partial charge on any atom is -0.444 e. The summed E-state index contributed by atoms with van der Waals surface area (Å²) in [6.07, 6.45) is 2.12. The molecule has 0 saturated carbocycles. The van der Waals surface area contributed by atoms with E-state index in [4.69, 9.17) is 4.74 Å². The number of benzene rings is 2. The number of ketones is 3. The summed E-state index contributed by atoms with van der Waals surface area (Å²) in [6.45, 7) is 0.0114. The van der Waals surface area contributed by atoms with Crippen molar-refractivity contribution in [2.75, 3.05) is 0 Å². The van der Waals surface area contributed by atoms with Crippen LogP contribution >= 0.6 is 0 Å². The summed E-state index contributed by atoms with van der Waals surface area (Å²) < 4.78 is 6.70. The molecular formula is C27H18N2O5. The van der Waals surface area contributed by atoms with E-state index in [0.717, 1.165) is 10.1 Å². The van der Waals surface area contributed by atoms with E-state index in [9.17, 15) is 19.2 Å². The van der Waals surface area contributed by atoms with Crippen LogP contribution in [0.2, 0.25) is 0 Å². The Bertz CT molecular complexity index is 1550. The predicted octanol–water partition coefficient (Wildman–Crippen LogP) is 4.52. The van der Waals surface area contributed by atoms with Gasteiger partial charge in [0, 0.05) is 23.6 Å². The number of hydrogen-bond donors (Lipinski definition) is 0. The number of carbonyl (C=O) groups excluding carboxylic acids is 4. The number of hydrogen-bond acceptors (Lipinski definition) is 6. The number of carbonyl (C=O) groups is 4. The molecule has 2 aromatic heterocycles. The Morgan fingerprint density at radius 1 is 0.882 bits per heavy atom. The Balaban J connectivity index is 1.54. The van der Waals surface area contributed by atoms with E-state index in [0.29, 0.717) is 35.9 Å². The summed E-state index contributed by atoms with van der Waals surface area (Å²) in [6, 6.07) is 16.0. The monoisotopic (exact) mass is 450 g/mol. The van der Waals surface area contributed by atoms with Gasteiger partial charge in [-0.3, -0.25) is 19.4 Å². The lowest BCUT2D eigenvalue weighted by Gasteiger charge is -2.22. The Labute approximate surface area is 194 Å². The zero-order valence-electron chi connectivity index (χ0n) is 18.0. The number of rotatable bonds is 2. The largest absolute Gasteiger partial charge is 0.444 e. The normalized spacial score (nSPS) is 14.5. The Morgan fingerprint density at radius 3 is 2.47 bits per heavy atom. The molecule has 2 heterocycles. The van der Waals surface area contributed by atoms with Gasteiger partial charge in [-0.15, -0.1) is 0 Å². The smallest absolute Gasteiger partial charge is 0.419 e. The third-order valence-electron chi connectivity index (χ3n) is 6.43. The highest BCUT2D eigenvalue weighted by atomic mass is 16.5. The molecule has 166 valence electrons. The van der Waals surface area contributed by atoms with Gasteiger partial charge in [-0.25, -0.2) is 9.36 Å². The summed E-state index contributed by atoms with van der Waals surface area (Å²) in [5.74, 6) is -1.17. The molecule has 0 fully saturated rings. The molecule has 0 N–H and O–H groups in total. The minimum atomic E-state index is -0.764. The first-order chi connectivity index (χ1) is 16.6. The molecule has 0 radical (unpaired) electrons. The van der Waals surface area contributed by atoms with Crippen LogP contribution in [0.3, 0.4) is 0 Å². The molecule has 6 rings (SSSR count). The molecule has 0 amide bonds. The first-order valence-corrected chi connectivity index (χ1v) is 11.0. The van der Waals surface area contributed by atoms with Crippen LogP contribution in [0.4, 0.5) is 4.79 Å². The molecule has 7 nitrogen and oxygen atoms in total. The lowest BCUT2D eigenvalue weighted by atomic mass is 9.81. The van der Waals surface area contributed by atoms with Crippen molar-refractivity contribution in [1.82, 2.24) is 9.55 Å². The molecule has 0 unspecified atom stereocenters. The van der Waals surface area contributed by atoms with Gasteiger partial charge in [0.2, 0.25) is 5.78 Å². The van der Waals surface area contributed by atoms with Crippen LogP contribution in [0.15, 0.2) is 60.8 Å². The molecule has 0 bridgehead atoms. The lowest BCUT2D eigenvalue weighted by Crippen LogP contribution is -2.30. The van der Waals surface area contributed by atoms with E-state index >= 15 is 0 Å². The van der Waals surface area contributed by atoms with Gasteiger partial charge in [0.05, 0.1) is 27.9 Å². The average molecular weight is 450 g/mol. The Morgan fingerprint density at radius 2 is 1.65 bits per heavy atom. The van der Waals surface area contributed by atoms with Gasteiger partial charge in [-0.1, -0.05) is 48.5 Å². The van der Waals surface area contributed by atoms with Gasteiger partial charge >= 0.3 is 6.09 Å². The number of aromatic nitrogens is 2. The fraction of sp³-hybridized carbons (Fsp3) is 0.148. The summed E-state index contributed by atoms with van der Waals surface area (Å²) in [5, 5.41) is 0.474. The van der Waals surface area contributed by atoms with Gasteiger partial charge in [0.15, 0.2) is 11.6 Å². The maximum absolute atomic E-state index is 13.9. The van der Waals surface area contributed by atoms with Crippen LogP contribution in [0.5, 0.6) is 0 Å². The van der Waals surface area contributed by atoms with Crippen molar-refractivity contribution in [3.05, 3.63) is 100.0 Å². The highest BCUT2D eigenvalue weighted by molar-refractivity contribution is 6.35. The van der Waals surface area contributed by atoms with Crippen LogP contribution in [-0.2, 0) is 17.8 Å². The van der Waals surface area contributed by atoms with Crippen molar-refractivity contribution in [2.24, 2.45) is 0 Å². The molecule has 0 spiro atoms. The van der Waals surface area contributed by atoms with Crippen molar-refractivity contribution >= 4 is 34.3 Å². The van der Waals surface area contributed by atoms with Crippen LogP contribution in [0, 0.1) is 0 Å². The lowest BCUT2D eigenvalue weighted by molar-refractivity contribution is 0.0944. The zero-order valence-corrected chi connectivity index (χ0v) is 18.0. The SMILES string of the molecule is O=C1CCCc2ncc3c(c21)C(=O)c1c(c2ccccc2n1C(=O)OCc1ccccc1)C3=O. The summed E-state index contributed by atoms with van der Waals surface area (Å²) in [4.78, 5) is 57.9. The van der Waals surface area contributed by atoms with E-state index in [1.807, 2.05) is 30.3 Å². The van der Waals surface area contributed by atoms with E-state index in [-0.39, 0.29) is 40.3 Å². The van der Waals surface area contributed by atoms with Gasteiger partial charge in [0.1, 0.15) is 12.3 Å². The molecule has 0 aliphatic heterocycles. The maximum atomic E-state index is 13.9. The molecule has 0 saturated heterocycles. The van der Waals surface area contributed by atoms with E-state index < -0.39 is 17.7 Å². The molecule has 0 atom stereocenters. The number of para-hydroxylation sites is 1. The van der Waals surface area contributed by atoms with Crippen molar-refractivity contribution in [1.29, 1.82) is 0 Å². The summed E-state index contributed by atoms with van der Waals surface area (Å²) in [5.41, 5.74) is 2.14. The molecular weight excluding hydrogens is 432 g/mol. The quantitative estimate of drug-likeness (QED) is 0.393. The highest BCUT2D eigenvalue weighted by Gasteiger charge is 2.41.